The van der Waals surface area contributed by atoms with Gasteiger partial charge in [-0.3, -0.25) is 0 Å². The molecule has 0 aromatic heterocycles. The van der Waals surface area contributed by atoms with Gasteiger partial charge in [0.25, 0.3) is 0 Å². The molecule has 2 unspecified atom stereocenters. The Kier molecular flexibility index (Phi) is 8.17. The van der Waals surface area contributed by atoms with Gasteiger partial charge in [-0.15, -0.1) is 0 Å². The van der Waals surface area contributed by atoms with Crippen molar-refractivity contribution in [1.82, 2.24) is 0 Å². The number of hydrogen-bond acceptors (Lipinski definition) is 4. The summed E-state index contributed by atoms with van der Waals surface area (Å²) >= 11 is 0. The predicted octanol–water partition coefficient (Wildman–Crippen LogP) is 7.56. The summed E-state index contributed by atoms with van der Waals surface area (Å²) in [7, 11) is -2.02. The standard InChI is InChI=1S/C42H36O4P2/c1-27-19-28(2)22-33(21-27)47(31-11-7-5-8-12-31)37-17-15-35-41(45-25-43-35)39(37)40-38(18-16-36-42(40)46-26-44-36)48(32-13-9-6-10-14-32)34-23-29(3)20-30(4)24-34/h5-24H,25-26H2,1-4H3. The molecule has 0 amide bonds. The van der Waals surface area contributed by atoms with Crippen LogP contribution in [0.2, 0.25) is 0 Å². The van der Waals surface area contributed by atoms with E-state index in [0.717, 1.165) is 34.1 Å². The monoisotopic (exact) mass is 666 g/mol. The molecule has 238 valence electrons. The second-order valence-electron chi connectivity index (χ2n) is 12.4. The minimum atomic E-state index is -1.01. The van der Waals surface area contributed by atoms with Crippen LogP contribution in [0.4, 0.5) is 0 Å². The van der Waals surface area contributed by atoms with Crippen LogP contribution in [-0.4, -0.2) is 13.6 Å². The molecule has 0 saturated carbocycles. The molecule has 2 atom stereocenters. The van der Waals surface area contributed by atoms with E-state index in [9.17, 15) is 0 Å². The van der Waals surface area contributed by atoms with Gasteiger partial charge < -0.3 is 18.9 Å². The van der Waals surface area contributed by atoms with Crippen molar-refractivity contribution < 1.29 is 18.9 Å². The van der Waals surface area contributed by atoms with Crippen LogP contribution in [0.3, 0.4) is 0 Å². The predicted molar refractivity (Wildman–Crippen MR) is 200 cm³/mol. The van der Waals surface area contributed by atoms with Crippen molar-refractivity contribution in [1.29, 1.82) is 0 Å². The molecule has 0 bridgehead atoms. The fraction of sp³-hybridized carbons (Fsp3) is 0.143. The minimum absolute atomic E-state index is 0.171. The second kappa shape index (κ2) is 12.8. The molecular formula is C42H36O4P2. The van der Waals surface area contributed by atoms with Crippen molar-refractivity contribution in [2.24, 2.45) is 0 Å². The Morgan fingerprint density at radius 3 is 1.15 bits per heavy atom. The van der Waals surface area contributed by atoms with Crippen molar-refractivity contribution in [3.05, 3.63) is 144 Å². The first-order valence-corrected chi connectivity index (χ1v) is 18.9. The number of rotatable bonds is 7. The lowest BCUT2D eigenvalue weighted by molar-refractivity contribution is 0.173. The number of fused-ring (bicyclic) bond motifs is 2. The van der Waals surface area contributed by atoms with Crippen molar-refractivity contribution in [2.45, 2.75) is 27.7 Å². The van der Waals surface area contributed by atoms with E-state index in [2.05, 4.69) is 149 Å². The largest absolute Gasteiger partial charge is 0.454 e. The Hall–Kier alpha value is -4.62. The first-order chi connectivity index (χ1) is 23.4. The maximum absolute atomic E-state index is 6.44. The summed E-state index contributed by atoms with van der Waals surface area (Å²) in [6.45, 7) is 9.06. The summed E-state index contributed by atoms with van der Waals surface area (Å²) in [6.07, 6.45) is 0. The number of hydrogen-bond donors (Lipinski definition) is 0. The normalized spacial score (nSPS) is 14.2. The molecule has 2 heterocycles. The summed E-state index contributed by atoms with van der Waals surface area (Å²) in [5, 5.41) is 7.50. The maximum atomic E-state index is 6.44. The van der Waals surface area contributed by atoms with E-state index in [0.29, 0.717) is 0 Å². The third-order valence-corrected chi connectivity index (χ3v) is 13.6. The van der Waals surface area contributed by atoms with Crippen LogP contribution in [-0.2, 0) is 0 Å². The summed E-state index contributed by atoms with van der Waals surface area (Å²) in [6, 6.07) is 44.2. The second-order valence-corrected chi connectivity index (χ2v) is 16.8. The van der Waals surface area contributed by atoms with Crippen LogP contribution < -0.4 is 50.8 Å². The highest BCUT2D eigenvalue weighted by atomic mass is 31.1. The Bertz CT molecular complexity index is 1950. The van der Waals surface area contributed by atoms with Crippen molar-refractivity contribution in [2.75, 3.05) is 13.6 Å². The van der Waals surface area contributed by atoms with Gasteiger partial charge in [0.15, 0.2) is 23.0 Å². The van der Waals surface area contributed by atoms with Gasteiger partial charge in [-0.25, -0.2) is 0 Å². The average molecular weight is 667 g/mol. The van der Waals surface area contributed by atoms with Gasteiger partial charge in [0.2, 0.25) is 13.6 Å². The fourth-order valence-corrected chi connectivity index (χ4v) is 12.2. The van der Waals surface area contributed by atoms with Gasteiger partial charge in [-0.1, -0.05) is 119 Å². The first kappa shape index (κ1) is 30.7. The van der Waals surface area contributed by atoms with Crippen molar-refractivity contribution in [3.8, 4) is 34.1 Å². The molecule has 48 heavy (non-hydrogen) atoms. The lowest BCUT2D eigenvalue weighted by atomic mass is 10.0. The fourth-order valence-electron chi connectivity index (χ4n) is 6.95. The topological polar surface area (TPSA) is 36.9 Å². The number of aryl methyl sites for hydroxylation is 4. The molecule has 0 aliphatic carbocycles. The molecule has 0 saturated heterocycles. The van der Waals surface area contributed by atoms with E-state index in [-0.39, 0.29) is 13.6 Å². The third kappa shape index (κ3) is 5.64. The van der Waals surface area contributed by atoms with E-state index in [4.69, 9.17) is 18.9 Å². The molecule has 6 aromatic rings. The van der Waals surface area contributed by atoms with Gasteiger partial charge in [0.1, 0.15) is 0 Å². The zero-order chi connectivity index (χ0) is 32.8. The minimum Gasteiger partial charge on any atom is -0.454 e. The Morgan fingerprint density at radius 2 is 0.771 bits per heavy atom. The maximum Gasteiger partial charge on any atom is 0.231 e. The highest BCUT2D eigenvalue weighted by molar-refractivity contribution is 7.80. The van der Waals surface area contributed by atoms with Crippen molar-refractivity contribution in [3.63, 3.8) is 0 Å². The van der Waals surface area contributed by atoms with Crippen LogP contribution in [0.15, 0.2) is 121 Å². The van der Waals surface area contributed by atoms with Crippen molar-refractivity contribution >= 4 is 47.7 Å². The molecule has 0 spiro atoms. The van der Waals surface area contributed by atoms with Gasteiger partial charge >= 0.3 is 0 Å². The van der Waals surface area contributed by atoms with Crippen LogP contribution in [0.5, 0.6) is 23.0 Å². The van der Waals surface area contributed by atoms with E-state index in [1.54, 1.807) is 0 Å². The number of benzene rings is 6. The van der Waals surface area contributed by atoms with Crippen LogP contribution in [0.1, 0.15) is 22.3 Å². The highest BCUT2D eigenvalue weighted by Gasteiger charge is 2.35. The molecule has 6 aromatic carbocycles. The van der Waals surface area contributed by atoms with Gasteiger partial charge in [-0.2, -0.15) is 0 Å². The Labute approximate surface area is 284 Å². The molecule has 0 radical (unpaired) electrons. The van der Waals surface area contributed by atoms with Gasteiger partial charge in [-0.05, 0) is 99.6 Å². The quantitative estimate of drug-likeness (QED) is 0.165. The van der Waals surface area contributed by atoms with Gasteiger partial charge in [0, 0.05) is 11.1 Å². The van der Waals surface area contributed by atoms with E-state index in [1.165, 1.54) is 54.1 Å². The summed E-state index contributed by atoms with van der Waals surface area (Å²) in [5.41, 5.74) is 7.02. The average Bonchev–Trinajstić information content (AvgIpc) is 3.76. The summed E-state index contributed by atoms with van der Waals surface area (Å²) in [4.78, 5) is 0. The SMILES string of the molecule is Cc1cc(C)cc(P(c2ccccc2)c2ccc3c(c2-c2c(P(c4ccccc4)c4cc(C)cc(C)c4)ccc4c2OCO4)OCO3)c1. The Morgan fingerprint density at radius 1 is 0.396 bits per heavy atom. The van der Waals surface area contributed by atoms with E-state index in [1.807, 2.05) is 0 Å². The molecule has 6 heteroatoms. The van der Waals surface area contributed by atoms with E-state index >= 15 is 0 Å². The molecule has 8 rings (SSSR count). The molecule has 0 fully saturated rings. The van der Waals surface area contributed by atoms with Crippen LogP contribution in [0, 0.1) is 27.7 Å². The smallest absolute Gasteiger partial charge is 0.231 e. The zero-order valence-corrected chi connectivity index (χ0v) is 29.3. The summed E-state index contributed by atoms with van der Waals surface area (Å²) in [5.74, 6) is 3.01. The molecule has 0 N–H and O–H groups in total. The highest BCUT2D eigenvalue weighted by Crippen LogP contribution is 2.53. The Balaban J connectivity index is 1.48. The lowest BCUT2D eigenvalue weighted by Crippen LogP contribution is -2.26. The van der Waals surface area contributed by atoms with Gasteiger partial charge in [0.05, 0.1) is 0 Å². The zero-order valence-electron chi connectivity index (χ0n) is 27.5. The molecule has 4 nitrogen and oxygen atoms in total. The number of ether oxygens (including phenoxy) is 4. The van der Waals surface area contributed by atoms with Crippen LogP contribution >= 0.6 is 15.8 Å². The molecule has 2 aliphatic rings. The lowest BCUT2D eigenvalue weighted by Gasteiger charge is -2.28. The first-order valence-electron chi connectivity index (χ1n) is 16.2. The van der Waals surface area contributed by atoms with Crippen LogP contribution in [0.25, 0.3) is 11.1 Å². The summed E-state index contributed by atoms with van der Waals surface area (Å²) < 4.78 is 25.0. The third-order valence-electron chi connectivity index (χ3n) is 8.72. The molecular weight excluding hydrogens is 630 g/mol. The van der Waals surface area contributed by atoms with E-state index < -0.39 is 15.8 Å². The molecule has 2 aliphatic heterocycles.